The van der Waals surface area contributed by atoms with Gasteiger partial charge >= 0.3 is 0 Å². The van der Waals surface area contributed by atoms with Gasteiger partial charge in [0.05, 0.1) is 0 Å². The maximum Gasteiger partial charge on any atom is 0.0430 e. The standard InChI is InChI=1S/C15H24N2/c1-11-6-5-7-12(2)14(11)17-9-8-13(16)10-15(17,3)4/h5-7,13H,8-10,16H2,1-4H3. The van der Waals surface area contributed by atoms with E-state index in [0.29, 0.717) is 6.04 Å². The van der Waals surface area contributed by atoms with E-state index in [1.165, 1.54) is 16.8 Å². The van der Waals surface area contributed by atoms with Crippen LogP contribution in [0.2, 0.25) is 0 Å². The van der Waals surface area contributed by atoms with Crippen molar-refractivity contribution < 1.29 is 0 Å². The normalized spacial score (nSPS) is 23.8. The average molecular weight is 232 g/mol. The van der Waals surface area contributed by atoms with Gasteiger partial charge in [-0.25, -0.2) is 0 Å². The lowest BCUT2D eigenvalue weighted by atomic mass is 9.86. The molecule has 2 rings (SSSR count). The summed E-state index contributed by atoms with van der Waals surface area (Å²) in [6.45, 7) is 10.1. The third-order valence-electron chi connectivity index (χ3n) is 3.93. The number of hydrogen-bond donors (Lipinski definition) is 1. The van der Waals surface area contributed by atoms with Crippen molar-refractivity contribution in [2.24, 2.45) is 5.73 Å². The zero-order chi connectivity index (χ0) is 12.6. The van der Waals surface area contributed by atoms with E-state index < -0.39 is 0 Å². The fraction of sp³-hybridized carbons (Fsp3) is 0.600. The number of benzene rings is 1. The van der Waals surface area contributed by atoms with Crippen molar-refractivity contribution in [2.75, 3.05) is 11.4 Å². The zero-order valence-electron chi connectivity index (χ0n) is 11.5. The van der Waals surface area contributed by atoms with Crippen LogP contribution in [0.25, 0.3) is 0 Å². The van der Waals surface area contributed by atoms with Gasteiger partial charge in [-0.05, 0) is 51.7 Å². The van der Waals surface area contributed by atoms with Gasteiger partial charge in [-0.2, -0.15) is 0 Å². The molecular formula is C15H24N2. The first-order valence-corrected chi connectivity index (χ1v) is 6.51. The zero-order valence-corrected chi connectivity index (χ0v) is 11.5. The van der Waals surface area contributed by atoms with Crippen LogP contribution in [0.1, 0.15) is 37.8 Å². The number of rotatable bonds is 1. The summed E-state index contributed by atoms with van der Waals surface area (Å²) in [4.78, 5) is 2.54. The molecule has 1 fully saturated rings. The van der Waals surface area contributed by atoms with E-state index in [1.54, 1.807) is 0 Å². The highest BCUT2D eigenvalue weighted by molar-refractivity contribution is 5.60. The molecule has 1 aliphatic heterocycles. The number of nitrogens with zero attached hydrogens (tertiary/aromatic N) is 1. The summed E-state index contributed by atoms with van der Waals surface area (Å²) in [5, 5.41) is 0. The molecule has 1 saturated heterocycles. The second-order valence-corrected chi connectivity index (χ2v) is 5.96. The number of aryl methyl sites for hydroxylation is 2. The maximum atomic E-state index is 6.10. The van der Waals surface area contributed by atoms with Crippen LogP contribution in [0, 0.1) is 13.8 Å². The van der Waals surface area contributed by atoms with E-state index in [0.717, 1.165) is 19.4 Å². The third kappa shape index (κ3) is 2.32. The van der Waals surface area contributed by atoms with Gasteiger partial charge in [-0.3, -0.25) is 0 Å². The molecule has 1 atom stereocenters. The Morgan fingerprint density at radius 3 is 2.35 bits per heavy atom. The largest absolute Gasteiger partial charge is 0.366 e. The van der Waals surface area contributed by atoms with Crippen molar-refractivity contribution in [3.63, 3.8) is 0 Å². The van der Waals surface area contributed by atoms with Crippen LogP contribution >= 0.6 is 0 Å². The maximum absolute atomic E-state index is 6.10. The molecule has 0 radical (unpaired) electrons. The van der Waals surface area contributed by atoms with Crippen LogP contribution in [0.3, 0.4) is 0 Å². The quantitative estimate of drug-likeness (QED) is 0.806. The predicted octanol–water partition coefficient (Wildman–Crippen LogP) is 3.01. The molecule has 2 nitrogen and oxygen atoms in total. The van der Waals surface area contributed by atoms with Crippen LogP contribution in [0.4, 0.5) is 5.69 Å². The molecule has 1 aliphatic rings. The monoisotopic (exact) mass is 232 g/mol. The van der Waals surface area contributed by atoms with Gasteiger partial charge in [0, 0.05) is 23.8 Å². The molecule has 0 amide bonds. The van der Waals surface area contributed by atoms with E-state index >= 15 is 0 Å². The molecule has 0 bridgehead atoms. The molecule has 2 N–H and O–H groups in total. The van der Waals surface area contributed by atoms with Gasteiger partial charge in [-0.15, -0.1) is 0 Å². The number of anilines is 1. The second kappa shape index (κ2) is 4.34. The molecule has 2 heteroatoms. The Labute approximate surface area is 105 Å². The highest BCUT2D eigenvalue weighted by atomic mass is 15.2. The van der Waals surface area contributed by atoms with Crippen molar-refractivity contribution in [2.45, 2.75) is 52.1 Å². The lowest BCUT2D eigenvalue weighted by Gasteiger charge is -2.47. The molecule has 94 valence electrons. The van der Waals surface area contributed by atoms with Crippen molar-refractivity contribution in [3.8, 4) is 0 Å². The Bertz CT molecular complexity index is 389. The predicted molar refractivity (Wildman–Crippen MR) is 74.6 cm³/mol. The first-order valence-electron chi connectivity index (χ1n) is 6.51. The molecular weight excluding hydrogens is 208 g/mol. The van der Waals surface area contributed by atoms with Crippen LogP contribution in [-0.4, -0.2) is 18.1 Å². The molecule has 17 heavy (non-hydrogen) atoms. The van der Waals surface area contributed by atoms with Crippen molar-refractivity contribution in [3.05, 3.63) is 29.3 Å². The molecule has 0 aliphatic carbocycles. The Kier molecular flexibility index (Phi) is 3.17. The molecule has 1 aromatic carbocycles. The molecule has 0 saturated carbocycles. The lowest BCUT2D eigenvalue weighted by molar-refractivity contribution is 0.327. The van der Waals surface area contributed by atoms with Crippen LogP contribution in [0.5, 0.6) is 0 Å². The Morgan fingerprint density at radius 1 is 1.24 bits per heavy atom. The van der Waals surface area contributed by atoms with E-state index in [4.69, 9.17) is 5.73 Å². The number of para-hydroxylation sites is 1. The highest BCUT2D eigenvalue weighted by Gasteiger charge is 2.34. The summed E-state index contributed by atoms with van der Waals surface area (Å²) >= 11 is 0. The van der Waals surface area contributed by atoms with Gasteiger partial charge in [0.1, 0.15) is 0 Å². The van der Waals surface area contributed by atoms with Gasteiger partial charge in [0.25, 0.3) is 0 Å². The minimum absolute atomic E-state index is 0.161. The summed E-state index contributed by atoms with van der Waals surface area (Å²) in [5.41, 5.74) is 10.4. The lowest BCUT2D eigenvalue weighted by Crippen LogP contribution is -2.54. The molecule has 1 aromatic rings. The topological polar surface area (TPSA) is 29.3 Å². The number of hydrogen-bond acceptors (Lipinski definition) is 2. The molecule has 0 spiro atoms. The third-order valence-corrected chi connectivity index (χ3v) is 3.93. The minimum atomic E-state index is 0.161. The van der Waals surface area contributed by atoms with E-state index in [1.807, 2.05) is 0 Å². The minimum Gasteiger partial charge on any atom is -0.366 e. The molecule has 1 unspecified atom stereocenters. The van der Waals surface area contributed by atoms with Crippen molar-refractivity contribution in [1.82, 2.24) is 0 Å². The van der Waals surface area contributed by atoms with E-state index in [9.17, 15) is 0 Å². The molecule has 1 heterocycles. The highest BCUT2D eigenvalue weighted by Crippen LogP contribution is 2.35. The summed E-state index contributed by atoms with van der Waals surface area (Å²) in [6.07, 6.45) is 2.16. The second-order valence-electron chi connectivity index (χ2n) is 5.96. The van der Waals surface area contributed by atoms with Crippen LogP contribution in [-0.2, 0) is 0 Å². The Balaban J connectivity index is 2.39. The fourth-order valence-electron chi connectivity index (χ4n) is 3.10. The van der Waals surface area contributed by atoms with Crippen LogP contribution in [0.15, 0.2) is 18.2 Å². The van der Waals surface area contributed by atoms with Crippen molar-refractivity contribution >= 4 is 5.69 Å². The molecule has 0 aromatic heterocycles. The van der Waals surface area contributed by atoms with Gasteiger partial charge in [-0.1, -0.05) is 18.2 Å². The summed E-state index contributed by atoms with van der Waals surface area (Å²) in [5.74, 6) is 0. The van der Waals surface area contributed by atoms with Gasteiger partial charge < -0.3 is 10.6 Å². The average Bonchev–Trinajstić information content (AvgIpc) is 2.19. The first kappa shape index (κ1) is 12.4. The Morgan fingerprint density at radius 2 is 1.82 bits per heavy atom. The van der Waals surface area contributed by atoms with Crippen molar-refractivity contribution in [1.29, 1.82) is 0 Å². The van der Waals surface area contributed by atoms with Gasteiger partial charge in [0.15, 0.2) is 0 Å². The fourth-order valence-corrected chi connectivity index (χ4v) is 3.10. The summed E-state index contributed by atoms with van der Waals surface area (Å²) < 4.78 is 0. The van der Waals surface area contributed by atoms with E-state index in [-0.39, 0.29) is 5.54 Å². The SMILES string of the molecule is Cc1cccc(C)c1N1CCC(N)CC1(C)C. The number of piperidine rings is 1. The smallest absolute Gasteiger partial charge is 0.0430 e. The summed E-state index contributed by atoms with van der Waals surface area (Å²) in [7, 11) is 0. The van der Waals surface area contributed by atoms with Crippen LogP contribution < -0.4 is 10.6 Å². The van der Waals surface area contributed by atoms with E-state index in [2.05, 4.69) is 50.8 Å². The first-order chi connectivity index (χ1) is 7.92. The number of nitrogens with two attached hydrogens (primary N) is 1. The Hall–Kier alpha value is -1.02. The van der Waals surface area contributed by atoms with Gasteiger partial charge in [0.2, 0.25) is 0 Å². The summed E-state index contributed by atoms with van der Waals surface area (Å²) in [6, 6.07) is 6.89.